The number of halogens is 2. The summed E-state index contributed by atoms with van der Waals surface area (Å²) < 4.78 is 10.7. The van der Waals surface area contributed by atoms with Gasteiger partial charge < -0.3 is 14.8 Å². The normalized spacial score (nSPS) is 20.0. The van der Waals surface area contributed by atoms with Gasteiger partial charge in [0.25, 0.3) is 0 Å². The van der Waals surface area contributed by atoms with E-state index in [-0.39, 0.29) is 30.8 Å². The van der Waals surface area contributed by atoms with Crippen LogP contribution in [0, 0.1) is 5.92 Å². The SMILES string of the molecule is CC(=O)Oc1ccc([C@H](C2CCOCC2)N2CCNCC2)cc1.Cl.Cl. The molecule has 1 atom stereocenters. The van der Waals surface area contributed by atoms with Crippen molar-refractivity contribution in [3.63, 3.8) is 0 Å². The van der Waals surface area contributed by atoms with Crippen molar-refractivity contribution in [1.29, 1.82) is 0 Å². The third-order valence-electron chi connectivity index (χ3n) is 4.74. The molecule has 2 fully saturated rings. The molecule has 5 nitrogen and oxygen atoms in total. The molecule has 7 heteroatoms. The van der Waals surface area contributed by atoms with Gasteiger partial charge in [-0.05, 0) is 36.5 Å². The van der Waals surface area contributed by atoms with Gasteiger partial charge in [-0.25, -0.2) is 0 Å². The number of esters is 1. The molecule has 0 spiro atoms. The molecule has 1 aromatic rings. The van der Waals surface area contributed by atoms with Gasteiger partial charge in [0.2, 0.25) is 0 Å². The number of carbonyl (C=O) groups excluding carboxylic acids is 1. The van der Waals surface area contributed by atoms with Gasteiger partial charge in [0.15, 0.2) is 0 Å². The lowest BCUT2D eigenvalue weighted by Crippen LogP contribution is -2.47. The van der Waals surface area contributed by atoms with Crippen molar-refractivity contribution in [3.05, 3.63) is 29.8 Å². The van der Waals surface area contributed by atoms with E-state index in [4.69, 9.17) is 9.47 Å². The second-order valence-corrected chi connectivity index (χ2v) is 6.34. The van der Waals surface area contributed by atoms with Gasteiger partial charge in [0, 0.05) is 52.4 Å². The minimum atomic E-state index is -0.277. The molecule has 2 saturated heterocycles. The topological polar surface area (TPSA) is 50.8 Å². The Labute approximate surface area is 162 Å². The van der Waals surface area contributed by atoms with Crippen molar-refractivity contribution in [1.82, 2.24) is 10.2 Å². The average molecular weight is 391 g/mol. The van der Waals surface area contributed by atoms with Crippen molar-refractivity contribution < 1.29 is 14.3 Å². The fraction of sp³-hybridized carbons (Fsp3) is 0.611. The Kier molecular flexibility index (Phi) is 9.75. The summed E-state index contributed by atoms with van der Waals surface area (Å²) in [5, 5.41) is 3.43. The second-order valence-electron chi connectivity index (χ2n) is 6.34. The number of carbonyl (C=O) groups is 1. The fourth-order valence-electron chi connectivity index (χ4n) is 3.67. The maximum Gasteiger partial charge on any atom is 0.308 e. The molecular weight excluding hydrogens is 363 g/mol. The molecule has 0 aliphatic carbocycles. The second kappa shape index (κ2) is 11.0. The number of hydrogen-bond acceptors (Lipinski definition) is 5. The number of ether oxygens (including phenoxy) is 2. The minimum absolute atomic E-state index is 0. The molecule has 1 aromatic carbocycles. The van der Waals surface area contributed by atoms with Gasteiger partial charge in [0.1, 0.15) is 5.75 Å². The first kappa shape index (κ1) is 22.2. The van der Waals surface area contributed by atoms with Crippen LogP contribution in [0.4, 0.5) is 0 Å². The summed E-state index contributed by atoms with van der Waals surface area (Å²) in [5.41, 5.74) is 1.31. The Balaban J connectivity index is 0.00000156. The third-order valence-corrected chi connectivity index (χ3v) is 4.74. The highest BCUT2D eigenvalue weighted by atomic mass is 35.5. The Hall–Kier alpha value is -0.850. The van der Waals surface area contributed by atoms with Gasteiger partial charge in [-0.2, -0.15) is 0 Å². The van der Waals surface area contributed by atoms with Crippen LogP contribution in [0.1, 0.15) is 31.4 Å². The van der Waals surface area contributed by atoms with Gasteiger partial charge >= 0.3 is 5.97 Å². The molecule has 0 saturated carbocycles. The van der Waals surface area contributed by atoms with E-state index in [1.807, 2.05) is 12.1 Å². The molecule has 25 heavy (non-hydrogen) atoms. The van der Waals surface area contributed by atoms with E-state index in [1.54, 1.807) is 0 Å². The zero-order valence-corrected chi connectivity index (χ0v) is 16.2. The quantitative estimate of drug-likeness (QED) is 0.632. The van der Waals surface area contributed by atoms with Crippen molar-refractivity contribution in [2.75, 3.05) is 39.4 Å². The molecule has 0 aromatic heterocycles. The third kappa shape index (κ3) is 6.12. The van der Waals surface area contributed by atoms with Crippen molar-refractivity contribution in [2.45, 2.75) is 25.8 Å². The Morgan fingerprint density at radius 2 is 1.76 bits per heavy atom. The smallest absolute Gasteiger partial charge is 0.308 e. The highest BCUT2D eigenvalue weighted by Crippen LogP contribution is 2.35. The first-order chi connectivity index (χ1) is 11.2. The number of rotatable bonds is 4. The summed E-state index contributed by atoms with van der Waals surface area (Å²) in [7, 11) is 0. The van der Waals surface area contributed by atoms with Crippen LogP contribution in [-0.4, -0.2) is 50.3 Å². The maximum absolute atomic E-state index is 11.1. The molecule has 0 amide bonds. The molecule has 0 radical (unpaired) electrons. The maximum atomic E-state index is 11.1. The highest BCUT2D eigenvalue weighted by molar-refractivity contribution is 5.85. The zero-order valence-electron chi connectivity index (χ0n) is 14.6. The highest BCUT2D eigenvalue weighted by Gasteiger charge is 2.31. The van der Waals surface area contributed by atoms with E-state index < -0.39 is 0 Å². The Morgan fingerprint density at radius 1 is 1.16 bits per heavy atom. The van der Waals surface area contributed by atoms with Crippen LogP contribution in [-0.2, 0) is 9.53 Å². The van der Waals surface area contributed by atoms with E-state index in [2.05, 4.69) is 22.3 Å². The molecule has 142 valence electrons. The zero-order chi connectivity index (χ0) is 16.1. The number of nitrogens with one attached hydrogen (secondary N) is 1. The first-order valence-electron chi connectivity index (χ1n) is 8.55. The van der Waals surface area contributed by atoms with Crippen LogP contribution in [0.3, 0.4) is 0 Å². The predicted molar refractivity (Wildman–Crippen MR) is 103 cm³/mol. The standard InChI is InChI=1S/C18H26N2O3.2ClH/c1-14(21)23-17-4-2-15(3-5-17)18(16-6-12-22-13-7-16)20-10-8-19-9-11-20;;/h2-5,16,18-19H,6-13H2,1H3;2*1H/t18-;;/m1../s1. The van der Waals surface area contributed by atoms with Crippen LogP contribution >= 0.6 is 24.8 Å². The number of benzene rings is 1. The molecular formula is C18H28Cl2N2O3. The first-order valence-corrected chi connectivity index (χ1v) is 8.55. The van der Waals surface area contributed by atoms with Gasteiger partial charge in [0.05, 0.1) is 0 Å². The van der Waals surface area contributed by atoms with E-state index in [0.717, 1.165) is 52.2 Å². The van der Waals surface area contributed by atoms with E-state index >= 15 is 0 Å². The van der Waals surface area contributed by atoms with E-state index in [9.17, 15) is 4.79 Å². The summed E-state index contributed by atoms with van der Waals surface area (Å²) in [4.78, 5) is 13.7. The van der Waals surface area contributed by atoms with Crippen molar-refractivity contribution >= 4 is 30.8 Å². The van der Waals surface area contributed by atoms with Crippen LogP contribution < -0.4 is 10.1 Å². The number of hydrogen-bond donors (Lipinski definition) is 1. The number of piperazine rings is 1. The average Bonchev–Trinajstić information content (AvgIpc) is 2.58. The van der Waals surface area contributed by atoms with Gasteiger partial charge in [-0.3, -0.25) is 9.69 Å². The predicted octanol–water partition coefficient (Wildman–Crippen LogP) is 2.83. The van der Waals surface area contributed by atoms with E-state index in [1.165, 1.54) is 12.5 Å². The molecule has 3 rings (SSSR count). The van der Waals surface area contributed by atoms with Crippen LogP contribution in [0.25, 0.3) is 0 Å². The monoisotopic (exact) mass is 390 g/mol. The van der Waals surface area contributed by atoms with Crippen LogP contribution in [0.5, 0.6) is 5.75 Å². The van der Waals surface area contributed by atoms with Crippen LogP contribution in [0.15, 0.2) is 24.3 Å². The molecule has 2 aliphatic rings. The Bertz CT molecular complexity index is 498. The lowest BCUT2D eigenvalue weighted by atomic mass is 9.85. The minimum Gasteiger partial charge on any atom is -0.427 e. The lowest BCUT2D eigenvalue weighted by Gasteiger charge is -2.41. The summed E-state index contributed by atoms with van der Waals surface area (Å²) in [6, 6.07) is 8.46. The van der Waals surface area contributed by atoms with Crippen molar-refractivity contribution in [2.24, 2.45) is 5.92 Å². The Morgan fingerprint density at radius 3 is 2.32 bits per heavy atom. The summed E-state index contributed by atoms with van der Waals surface area (Å²) in [6.45, 7) is 7.40. The largest absolute Gasteiger partial charge is 0.427 e. The summed E-state index contributed by atoms with van der Waals surface area (Å²) in [5.74, 6) is 0.967. The summed E-state index contributed by atoms with van der Waals surface area (Å²) >= 11 is 0. The van der Waals surface area contributed by atoms with Crippen LogP contribution in [0.2, 0.25) is 0 Å². The molecule has 2 heterocycles. The molecule has 2 aliphatic heterocycles. The van der Waals surface area contributed by atoms with Gasteiger partial charge in [-0.15, -0.1) is 24.8 Å². The van der Waals surface area contributed by atoms with E-state index in [0.29, 0.717) is 17.7 Å². The summed E-state index contributed by atoms with van der Waals surface area (Å²) in [6.07, 6.45) is 2.22. The lowest BCUT2D eigenvalue weighted by molar-refractivity contribution is -0.131. The number of nitrogens with zero attached hydrogens (tertiary/aromatic N) is 1. The van der Waals surface area contributed by atoms with Gasteiger partial charge in [-0.1, -0.05) is 12.1 Å². The fourth-order valence-corrected chi connectivity index (χ4v) is 3.67. The molecule has 0 bridgehead atoms. The molecule has 0 unspecified atom stereocenters. The van der Waals surface area contributed by atoms with Crippen molar-refractivity contribution in [3.8, 4) is 5.75 Å². The molecule has 1 N–H and O–H groups in total.